The summed E-state index contributed by atoms with van der Waals surface area (Å²) >= 11 is 5.97. The van der Waals surface area contributed by atoms with E-state index in [2.05, 4.69) is 26.3 Å². The van der Waals surface area contributed by atoms with E-state index in [0.717, 1.165) is 35.6 Å². The molecule has 0 aliphatic carbocycles. The normalized spacial score (nSPS) is 13.1. The van der Waals surface area contributed by atoms with Crippen LogP contribution in [-0.4, -0.2) is 25.7 Å². The maximum atomic E-state index is 12.9. The minimum absolute atomic E-state index is 0.227. The molecular formula is C23H20ClN5O. The molecule has 7 heteroatoms. The summed E-state index contributed by atoms with van der Waals surface area (Å²) in [5, 5.41) is 10.6. The zero-order valence-corrected chi connectivity index (χ0v) is 17.0. The molecule has 150 valence electrons. The molecule has 0 fully saturated rings. The number of fused-ring (bicyclic) bond motifs is 1. The Morgan fingerprint density at radius 2 is 1.97 bits per heavy atom. The molecular weight excluding hydrogens is 398 g/mol. The zero-order valence-electron chi connectivity index (χ0n) is 16.2. The molecule has 0 radical (unpaired) electrons. The molecule has 0 atom stereocenters. The predicted molar refractivity (Wildman–Crippen MR) is 118 cm³/mol. The van der Waals surface area contributed by atoms with E-state index in [1.165, 1.54) is 19.0 Å². The maximum absolute atomic E-state index is 12.9. The monoisotopic (exact) mass is 417 g/mol. The zero-order chi connectivity index (χ0) is 20.5. The molecule has 2 N–H and O–H groups in total. The standard InChI is InChI=1S/C23H20ClN5O/c24-17-9-7-15(8-10-17)22-19(13-25-28-22)23(30)26-18-5-3-4-16(12-18)20-14-29-11-2-1-6-21(29)27-20/h3-5,7-10,12-14H,1-2,6,11H2,(H,25,28)(H,26,30). The summed E-state index contributed by atoms with van der Waals surface area (Å²) in [5.74, 6) is 0.909. The van der Waals surface area contributed by atoms with E-state index in [4.69, 9.17) is 16.6 Å². The van der Waals surface area contributed by atoms with E-state index < -0.39 is 0 Å². The fourth-order valence-electron chi connectivity index (χ4n) is 3.80. The van der Waals surface area contributed by atoms with E-state index >= 15 is 0 Å². The average molecular weight is 418 g/mol. The van der Waals surface area contributed by atoms with E-state index in [1.807, 2.05) is 36.4 Å². The topological polar surface area (TPSA) is 75.6 Å². The molecule has 0 unspecified atom stereocenters. The molecule has 0 saturated heterocycles. The van der Waals surface area contributed by atoms with Gasteiger partial charge < -0.3 is 9.88 Å². The smallest absolute Gasteiger partial charge is 0.259 e. The van der Waals surface area contributed by atoms with E-state index in [1.54, 1.807) is 12.1 Å². The van der Waals surface area contributed by atoms with Crippen molar-refractivity contribution in [3.63, 3.8) is 0 Å². The summed E-state index contributed by atoms with van der Waals surface area (Å²) in [6.45, 7) is 1.02. The van der Waals surface area contributed by atoms with Crippen molar-refractivity contribution in [3.05, 3.63) is 77.3 Å². The van der Waals surface area contributed by atoms with Crippen LogP contribution in [0.15, 0.2) is 60.9 Å². The highest BCUT2D eigenvalue weighted by Crippen LogP contribution is 2.27. The Balaban J connectivity index is 1.39. The fraction of sp³-hybridized carbons (Fsp3) is 0.174. The summed E-state index contributed by atoms with van der Waals surface area (Å²) in [6, 6.07) is 15.1. The lowest BCUT2D eigenvalue weighted by molar-refractivity contribution is 0.102. The second-order valence-electron chi connectivity index (χ2n) is 7.39. The lowest BCUT2D eigenvalue weighted by Crippen LogP contribution is -2.12. The van der Waals surface area contributed by atoms with Crippen LogP contribution in [0, 0.1) is 0 Å². The third-order valence-corrected chi connectivity index (χ3v) is 5.59. The molecule has 5 rings (SSSR count). The first-order valence-corrected chi connectivity index (χ1v) is 10.3. The third-order valence-electron chi connectivity index (χ3n) is 5.34. The van der Waals surface area contributed by atoms with Gasteiger partial charge in [-0.15, -0.1) is 0 Å². The number of amides is 1. The summed E-state index contributed by atoms with van der Waals surface area (Å²) < 4.78 is 2.23. The van der Waals surface area contributed by atoms with Crippen molar-refractivity contribution in [3.8, 4) is 22.5 Å². The molecule has 0 bridgehead atoms. The number of halogens is 1. The number of aromatic nitrogens is 4. The van der Waals surface area contributed by atoms with Gasteiger partial charge >= 0.3 is 0 Å². The van der Waals surface area contributed by atoms with Gasteiger partial charge in [-0.25, -0.2) is 4.98 Å². The number of rotatable bonds is 4. The van der Waals surface area contributed by atoms with Gasteiger partial charge in [0.15, 0.2) is 0 Å². The number of anilines is 1. The summed E-state index contributed by atoms with van der Waals surface area (Å²) in [7, 11) is 0. The van der Waals surface area contributed by atoms with Gasteiger partial charge in [0.2, 0.25) is 0 Å². The lowest BCUT2D eigenvalue weighted by Gasteiger charge is -2.11. The van der Waals surface area contributed by atoms with Gasteiger partial charge in [-0.3, -0.25) is 9.89 Å². The van der Waals surface area contributed by atoms with Crippen LogP contribution in [0.5, 0.6) is 0 Å². The number of aryl methyl sites for hydroxylation is 2. The van der Waals surface area contributed by atoms with Crippen LogP contribution in [0.25, 0.3) is 22.5 Å². The minimum atomic E-state index is -0.227. The number of nitrogens with one attached hydrogen (secondary N) is 2. The highest BCUT2D eigenvalue weighted by Gasteiger charge is 2.17. The highest BCUT2D eigenvalue weighted by molar-refractivity contribution is 6.30. The Morgan fingerprint density at radius 3 is 2.80 bits per heavy atom. The van der Waals surface area contributed by atoms with Crippen LogP contribution < -0.4 is 5.32 Å². The molecule has 1 amide bonds. The van der Waals surface area contributed by atoms with Crippen molar-refractivity contribution < 1.29 is 4.79 Å². The average Bonchev–Trinajstić information content (AvgIpc) is 3.42. The van der Waals surface area contributed by atoms with Crippen LogP contribution in [0.1, 0.15) is 29.0 Å². The van der Waals surface area contributed by atoms with Gasteiger partial charge in [-0.2, -0.15) is 5.10 Å². The van der Waals surface area contributed by atoms with Crippen LogP contribution in [0.2, 0.25) is 5.02 Å². The molecule has 1 aliphatic rings. The molecule has 3 heterocycles. The molecule has 0 saturated carbocycles. The Morgan fingerprint density at radius 1 is 1.10 bits per heavy atom. The first-order chi connectivity index (χ1) is 14.7. The van der Waals surface area contributed by atoms with Crippen molar-refractivity contribution >= 4 is 23.2 Å². The van der Waals surface area contributed by atoms with Gasteiger partial charge in [0, 0.05) is 41.0 Å². The van der Waals surface area contributed by atoms with Gasteiger partial charge in [0.05, 0.1) is 23.1 Å². The van der Waals surface area contributed by atoms with E-state index in [9.17, 15) is 4.79 Å². The van der Waals surface area contributed by atoms with Crippen molar-refractivity contribution in [2.45, 2.75) is 25.8 Å². The summed E-state index contributed by atoms with van der Waals surface area (Å²) in [6.07, 6.45) is 7.04. The van der Waals surface area contributed by atoms with Gasteiger partial charge in [-0.1, -0.05) is 35.9 Å². The van der Waals surface area contributed by atoms with Crippen molar-refractivity contribution in [2.24, 2.45) is 0 Å². The molecule has 2 aromatic carbocycles. The lowest BCUT2D eigenvalue weighted by atomic mass is 10.1. The number of carbonyl (C=O) groups excluding carboxylic acids is 1. The van der Waals surface area contributed by atoms with Gasteiger partial charge in [0.1, 0.15) is 5.82 Å². The molecule has 0 spiro atoms. The molecule has 1 aliphatic heterocycles. The Labute approximate surface area is 178 Å². The van der Waals surface area contributed by atoms with Crippen LogP contribution in [0.4, 0.5) is 5.69 Å². The van der Waals surface area contributed by atoms with Gasteiger partial charge in [0.25, 0.3) is 5.91 Å². The second-order valence-corrected chi connectivity index (χ2v) is 7.83. The Hall–Kier alpha value is -3.38. The highest BCUT2D eigenvalue weighted by atomic mass is 35.5. The minimum Gasteiger partial charge on any atom is -0.334 e. The number of hydrogen-bond acceptors (Lipinski definition) is 3. The Bertz CT molecular complexity index is 1190. The summed E-state index contributed by atoms with van der Waals surface area (Å²) in [4.78, 5) is 17.7. The number of benzene rings is 2. The molecule has 30 heavy (non-hydrogen) atoms. The second kappa shape index (κ2) is 7.80. The van der Waals surface area contributed by atoms with Crippen LogP contribution >= 0.6 is 11.6 Å². The molecule has 6 nitrogen and oxygen atoms in total. The number of nitrogens with zero attached hydrogens (tertiary/aromatic N) is 3. The van der Waals surface area contributed by atoms with Crippen molar-refractivity contribution in [2.75, 3.05) is 5.32 Å². The molecule has 2 aromatic heterocycles. The SMILES string of the molecule is O=C(Nc1cccc(-c2cn3c(n2)CCCC3)c1)c1cn[nH]c1-c1ccc(Cl)cc1. The maximum Gasteiger partial charge on any atom is 0.259 e. The van der Waals surface area contributed by atoms with Crippen molar-refractivity contribution in [1.82, 2.24) is 19.7 Å². The fourth-order valence-corrected chi connectivity index (χ4v) is 3.93. The predicted octanol–water partition coefficient (Wildman–Crippen LogP) is 5.18. The molecule has 4 aromatic rings. The number of hydrogen-bond donors (Lipinski definition) is 2. The summed E-state index contributed by atoms with van der Waals surface area (Å²) in [5.41, 5.74) is 4.61. The van der Waals surface area contributed by atoms with Crippen LogP contribution in [0.3, 0.4) is 0 Å². The number of carbonyl (C=O) groups is 1. The van der Waals surface area contributed by atoms with E-state index in [-0.39, 0.29) is 5.91 Å². The number of H-pyrrole nitrogens is 1. The first kappa shape index (κ1) is 18.6. The Kier molecular flexibility index (Phi) is 4.85. The number of aromatic amines is 1. The van der Waals surface area contributed by atoms with Gasteiger partial charge in [-0.05, 0) is 37.1 Å². The number of imidazole rings is 1. The third kappa shape index (κ3) is 3.62. The van der Waals surface area contributed by atoms with Crippen molar-refractivity contribution in [1.29, 1.82) is 0 Å². The quantitative estimate of drug-likeness (QED) is 0.480. The largest absolute Gasteiger partial charge is 0.334 e. The first-order valence-electron chi connectivity index (χ1n) is 9.94. The van der Waals surface area contributed by atoms with Crippen LogP contribution in [-0.2, 0) is 13.0 Å². The van der Waals surface area contributed by atoms with E-state index in [0.29, 0.717) is 22.0 Å².